The second kappa shape index (κ2) is 4.11. The Bertz CT molecular complexity index is 401. The van der Waals surface area contributed by atoms with Crippen LogP contribution in [0.5, 0.6) is 0 Å². The molecule has 0 unspecified atom stereocenters. The summed E-state index contributed by atoms with van der Waals surface area (Å²) in [6, 6.07) is 5.81. The minimum absolute atomic E-state index is 0.300. The van der Waals surface area contributed by atoms with Crippen LogP contribution < -0.4 is 0 Å². The first-order valence-electron chi connectivity index (χ1n) is 4.37. The van der Waals surface area contributed by atoms with Gasteiger partial charge in [-0.25, -0.2) is 8.42 Å². The lowest BCUT2D eigenvalue weighted by molar-refractivity contribution is 0.462. The molecule has 0 spiro atoms. The lowest BCUT2D eigenvalue weighted by Gasteiger charge is -2.07. The Hall–Kier alpha value is -0.870. The van der Waals surface area contributed by atoms with E-state index in [1.807, 2.05) is 32.0 Å². The Kier molecular flexibility index (Phi) is 3.29. The molecule has 0 amide bonds. The third-order valence-corrected chi connectivity index (χ3v) is 2.63. The van der Waals surface area contributed by atoms with Gasteiger partial charge in [0.05, 0.1) is 10.1 Å². The summed E-state index contributed by atoms with van der Waals surface area (Å²) >= 11 is 0. The van der Waals surface area contributed by atoms with Crippen LogP contribution in [0.4, 0.5) is 0 Å². The third kappa shape index (κ3) is 3.89. The lowest BCUT2D eigenvalue weighted by atomic mass is 10.1. The number of rotatable bonds is 3. The smallest absolute Gasteiger partial charge is 0.0949 e. The van der Waals surface area contributed by atoms with Gasteiger partial charge in [-0.2, -0.15) is 0 Å². The fourth-order valence-electron chi connectivity index (χ4n) is 1.46. The highest BCUT2D eigenvalue weighted by Gasteiger charge is 1.99. The highest BCUT2D eigenvalue weighted by atomic mass is 32.2. The largest absolute Gasteiger partial charge is 0.748 e. The van der Waals surface area contributed by atoms with Gasteiger partial charge in [-0.05, 0) is 25.8 Å². The van der Waals surface area contributed by atoms with Crippen LogP contribution in [0.15, 0.2) is 18.2 Å². The maximum atomic E-state index is 10.4. The molecule has 0 saturated carbocycles. The molecule has 1 rings (SSSR count). The molecule has 3 nitrogen and oxygen atoms in total. The fraction of sp³-hybridized carbons (Fsp3) is 0.400. The highest BCUT2D eigenvalue weighted by Crippen LogP contribution is 2.09. The quantitative estimate of drug-likeness (QED) is 0.713. The zero-order chi connectivity index (χ0) is 10.8. The number of hydrogen-bond acceptors (Lipinski definition) is 3. The zero-order valence-corrected chi connectivity index (χ0v) is 9.10. The highest BCUT2D eigenvalue weighted by molar-refractivity contribution is 7.85. The Labute approximate surface area is 84.5 Å². The molecule has 1 aromatic rings. The minimum Gasteiger partial charge on any atom is -0.748 e. The van der Waals surface area contributed by atoms with Crippen molar-refractivity contribution in [1.29, 1.82) is 0 Å². The van der Waals surface area contributed by atoms with Crippen LogP contribution in [0.2, 0.25) is 0 Å². The molecule has 0 radical (unpaired) electrons. The maximum absolute atomic E-state index is 10.4. The second-order valence-electron chi connectivity index (χ2n) is 3.51. The van der Waals surface area contributed by atoms with Gasteiger partial charge in [0, 0.05) is 5.75 Å². The van der Waals surface area contributed by atoms with Crippen molar-refractivity contribution in [2.24, 2.45) is 0 Å². The van der Waals surface area contributed by atoms with Gasteiger partial charge < -0.3 is 4.55 Å². The Morgan fingerprint density at radius 3 is 2.07 bits per heavy atom. The Morgan fingerprint density at radius 2 is 1.64 bits per heavy atom. The van der Waals surface area contributed by atoms with E-state index in [4.69, 9.17) is 0 Å². The predicted octanol–water partition coefficient (Wildman–Crippen LogP) is 1.39. The number of hydrogen-bond donors (Lipinski definition) is 0. The van der Waals surface area contributed by atoms with Gasteiger partial charge in [-0.1, -0.05) is 29.3 Å². The number of aryl methyl sites for hydroxylation is 3. The molecule has 0 bridgehead atoms. The van der Waals surface area contributed by atoms with E-state index in [1.54, 1.807) is 0 Å². The van der Waals surface area contributed by atoms with Crippen molar-refractivity contribution >= 4 is 10.1 Å². The van der Waals surface area contributed by atoms with E-state index in [0.717, 1.165) is 16.7 Å². The van der Waals surface area contributed by atoms with Crippen LogP contribution in [-0.4, -0.2) is 18.7 Å². The van der Waals surface area contributed by atoms with Gasteiger partial charge in [-0.15, -0.1) is 0 Å². The summed E-state index contributed by atoms with van der Waals surface area (Å²) in [7, 11) is -4.10. The Morgan fingerprint density at radius 1 is 1.14 bits per heavy atom. The molecule has 0 aliphatic rings. The summed E-state index contributed by atoms with van der Waals surface area (Å²) in [6.45, 7) is 3.89. The molecule has 0 fully saturated rings. The molecule has 0 saturated heterocycles. The van der Waals surface area contributed by atoms with Crippen molar-refractivity contribution in [1.82, 2.24) is 0 Å². The second-order valence-corrected chi connectivity index (χ2v) is 5.03. The van der Waals surface area contributed by atoms with E-state index < -0.39 is 10.1 Å². The van der Waals surface area contributed by atoms with E-state index >= 15 is 0 Å². The van der Waals surface area contributed by atoms with Crippen molar-refractivity contribution in [2.45, 2.75) is 20.3 Å². The molecular formula is C10H13O3S-. The average molecular weight is 213 g/mol. The molecule has 14 heavy (non-hydrogen) atoms. The normalized spacial score (nSPS) is 11.6. The molecule has 78 valence electrons. The van der Waals surface area contributed by atoms with Crippen molar-refractivity contribution in [3.05, 3.63) is 34.9 Å². The van der Waals surface area contributed by atoms with Gasteiger partial charge in [0.15, 0.2) is 0 Å². The molecule has 0 N–H and O–H groups in total. The molecule has 0 atom stereocenters. The molecule has 4 heteroatoms. The monoisotopic (exact) mass is 213 g/mol. The minimum atomic E-state index is -4.10. The van der Waals surface area contributed by atoms with E-state index in [0.29, 0.717) is 6.42 Å². The van der Waals surface area contributed by atoms with Crippen molar-refractivity contribution < 1.29 is 13.0 Å². The fourth-order valence-corrected chi connectivity index (χ4v) is 1.94. The standard InChI is InChI=1S/C10H14O3S/c1-8-5-9(2)7-10(6-8)3-4-14(11,12)13/h5-7H,3-4H2,1-2H3,(H,11,12,13)/p-1. The number of benzene rings is 1. The third-order valence-electron chi connectivity index (χ3n) is 1.92. The van der Waals surface area contributed by atoms with E-state index in [-0.39, 0.29) is 5.75 Å². The molecule has 0 aliphatic carbocycles. The van der Waals surface area contributed by atoms with Crippen molar-refractivity contribution in [3.8, 4) is 0 Å². The van der Waals surface area contributed by atoms with Crippen LogP contribution in [0.25, 0.3) is 0 Å². The van der Waals surface area contributed by atoms with E-state index in [1.165, 1.54) is 0 Å². The van der Waals surface area contributed by atoms with Crippen LogP contribution in [-0.2, 0) is 16.5 Å². The van der Waals surface area contributed by atoms with Gasteiger partial charge in [0.2, 0.25) is 0 Å². The maximum Gasteiger partial charge on any atom is 0.0949 e. The SMILES string of the molecule is Cc1cc(C)cc(CCS(=O)(=O)[O-])c1. The van der Waals surface area contributed by atoms with Crippen LogP contribution >= 0.6 is 0 Å². The summed E-state index contributed by atoms with van der Waals surface area (Å²) in [5.74, 6) is -0.324. The lowest BCUT2D eigenvalue weighted by Crippen LogP contribution is -2.07. The molecule has 0 aromatic heterocycles. The van der Waals surface area contributed by atoms with Gasteiger partial charge >= 0.3 is 0 Å². The molecule has 1 aromatic carbocycles. The topological polar surface area (TPSA) is 57.2 Å². The first-order chi connectivity index (χ1) is 6.37. The van der Waals surface area contributed by atoms with Gasteiger partial charge in [-0.3, -0.25) is 0 Å². The predicted molar refractivity (Wildman–Crippen MR) is 54.2 cm³/mol. The van der Waals surface area contributed by atoms with Crippen LogP contribution in [0.1, 0.15) is 16.7 Å². The first-order valence-corrected chi connectivity index (χ1v) is 5.95. The van der Waals surface area contributed by atoms with E-state index in [9.17, 15) is 13.0 Å². The molecule has 0 aliphatic heterocycles. The summed E-state index contributed by atoms with van der Waals surface area (Å²) in [5, 5.41) is 0. The first kappa shape index (κ1) is 11.2. The van der Waals surface area contributed by atoms with Crippen LogP contribution in [0, 0.1) is 13.8 Å². The summed E-state index contributed by atoms with van der Waals surface area (Å²) in [5.41, 5.74) is 3.08. The zero-order valence-electron chi connectivity index (χ0n) is 8.28. The Balaban J connectivity index is 2.78. The van der Waals surface area contributed by atoms with Gasteiger partial charge in [0.1, 0.15) is 0 Å². The van der Waals surface area contributed by atoms with Crippen LogP contribution in [0.3, 0.4) is 0 Å². The summed E-state index contributed by atoms with van der Waals surface area (Å²) < 4.78 is 31.3. The molecule has 0 heterocycles. The average Bonchev–Trinajstić information content (AvgIpc) is 1.97. The summed E-state index contributed by atoms with van der Waals surface area (Å²) in [6.07, 6.45) is 0.300. The molecular weight excluding hydrogens is 200 g/mol. The van der Waals surface area contributed by atoms with Gasteiger partial charge in [0.25, 0.3) is 0 Å². The van der Waals surface area contributed by atoms with E-state index in [2.05, 4.69) is 0 Å². The van der Waals surface area contributed by atoms with Crippen molar-refractivity contribution in [2.75, 3.05) is 5.75 Å². The summed E-state index contributed by atoms with van der Waals surface area (Å²) in [4.78, 5) is 0. The van der Waals surface area contributed by atoms with Crippen molar-refractivity contribution in [3.63, 3.8) is 0 Å².